The summed E-state index contributed by atoms with van der Waals surface area (Å²) >= 11 is 0. The van der Waals surface area contributed by atoms with Crippen molar-refractivity contribution in [1.29, 1.82) is 5.26 Å². The number of rotatable bonds is 5. The molecule has 5 heteroatoms. The Morgan fingerprint density at radius 2 is 1.96 bits per heavy atom. The molecule has 5 nitrogen and oxygen atoms in total. The van der Waals surface area contributed by atoms with Gasteiger partial charge in [0.1, 0.15) is 17.4 Å². The molecule has 0 aliphatic heterocycles. The van der Waals surface area contributed by atoms with Crippen LogP contribution in [-0.2, 0) is 11.2 Å². The molecule has 1 amide bonds. The smallest absolute Gasteiger partial charge is 0.267 e. The molecule has 0 saturated heterocycles. The van der Waals surface area contributed by atoms with E-state index in [9.17, 15) is 15.2 Å². The molecule has 0 heterocycles. The van der Waals surface area contributed by atoms with Gasteiger partial charge in [-0.05, 0) is 48.7 Å². The second kappa shape index (κ2) is 8.02. The van der Waals surface area contributed by atoms with Crippen molar-refractivity contribution in [3.8, 4) is 11.8 Å². The molecule has 0 fully saturated rings. The summed E-state index contributed by atoms with van der Waals surface area (Å²) in [4.78, 5) is 14.2. The molecule has 0 aliphatic rings. The Bertz CT molecular complexity index is 833. The third kappa shape index (κ3) is 4.39. The molecular formula is C20H21N3O2. The lowest BCUT2D eigenvalue weighted by Crippen LogP contribution is -2.19. The molecular weight excluding hydrogens is 314 g/mol. The number of phenols is 1. The minimum absolute atomic E-state index is 0.000816. The van der Waals surface area contributed by atoms with Gasteiger partial charge in [-0.25, -0.2) is 0 Å². The molecule has 0 aliphatic carbocycles. The number of hydrogen-bond acceptors (Lipinski definition) is 4. The lowest BCUT2D eigenvalue weighted by Gasteiger charge is -2.16. The number of hydrogen-bond donors (Lipinski definition) is 2. The summed E-state index contributed by atoms with van der Waals surface area (Å²) in [6.45, 7) is 3.94. The average Bonchev–Trinajstić information content (AvgIpc) is 2.61. The molecule has 0 bridgehead atoms. The monoisotopic (exact) mass is 335 g/mol. The maximum absolute atomic E-state index is 12.5. The van der Waals surface area contributed by atoms with E-state index in [2.05, 4.69) is 5.32 Å². The fourth-order valence-electron chi connectivity index (χ4n) is 2.48. The number of para-hydroxylation sites is 1. The van der Waals surface area contributed by atoms with E-state index < -0.39 is 5.91 Å². The van der Waals surface area contributed by atoms with Crippen molar-refractivity contribution < 1.29 is 9.90 Å². The third-order valence-corrected chi connectivity index (χ3v) is 3.92. The fourth-order valence-corrected chi connectivity index (χ4v) is 2.48. The van der Waals surface area contributed by atoms with Crippen molar-refractivity contribution in [2.75, 3.05) is 17.3 Å². The number of carbonyl (C=O) groups is 1. The molecule has 0 spiro atoms. The van der Waals surface area contributed by atoms with Crippen molar-refractivity contribution in [1.82, 2.24) is 0 Å². The molecule has 128 valence electrons. The van der Waals surface area contributed by atoms with E-state index in [0.717, 1.165) is 28.9 Å². The summed E-state index contributed by atoms with van der Waals surface area (Å²) in [5.74, 6) is -0.289. The molecule has 0 unspecified atom stereocenters. The summed E-state index contributed by atoms with van der Waals surface area (Å²) in [7, 11) is 1.74. The molecule has 2 rings (SSSR count). The first kappa shape index (κ1) is 18.1. The molecule has 2 N–H and O–H groups in total. The van der Waals surface area contributed by atoms with Gasteiger partial charge in [0.25, 0.3) is 5.91 Å². The van der Waals surface area contributed by atoms with Crippen LogP contribution in [0.25, 0.3) is 0 Å². The van der Waals surface area contributed by atoms with Crippen LogP contribution >= 0.6 is 0 Å². The van der Waals surface area contributed by atoms with Crippen molar-refractivity contribution >= 4 is 17.3 Å². The maximum atomic E-state index is 12.5. The van der Waals surface area contributed by atoms with Gasteiger partial charge in [-0.1, -0.05) is 25.1 Å². The number of nitrogens with one attached hydrogen (secondary N) is 1. The predicted octanol–water partition coefficient (Wildman–Crippen LogP) is 3.75. The highest BCUT2D eigenvalue weighted by Crippen LogP contribution is 2.22. The van der Waals surface area contributed by atoms with Crippen LogP contribution in [0.3, 0.4) is 0 Å². The van der Waals surface area contributed by atoms with Gasteiger partial charge < -0.3 is 15.3 Å². The Balaban J connectivity index is 2.24. The standard InChI is InChI=1S/C20H21N3O2/c1-4-15-7-5-6-14(2)19(15)22-20(25)16(12-21)13-23(3)17-8-10-18(24)11-9-17/h5-11,13,24H,4H2,1-3H3,(H,22,25)/b16-13-. The number of aromatic hydroxyl groups is 1. The highest BCUT2D eigenvalue weighted by atomic mass is 16.3. The summed E-state index contributed by atoms with van der Waals surface area (Å²) in [5, 5.41) is 21.6. The van der Waals surface area contributed by atoms with E-state index in [-0.39, 0.29) is 11.3 Å². The number of aryl methyl sites for hydroxylation is 2. The minimum Gasteiger partial charge on any atom is -0.508 e. The predicted molar refractivity (Wildman–Crippen MR) is 99.4 cm³/mol. The van der Waals surface area contributed by atoms with Crippen LogP contribution in [0, 0.1) is 18.3 Å². The van der Waals surface area contributed by atoms with Crippen molar-refractivity contribution in [3.63, 3.8) is 0 Å². The second-order valence-corrected chi connectivity index (χ2v) is 5.70. The van der Waals surface area contributed by atoms with Gasteiger partial charge in [0, 0.05) is 24.6 Å². The average molecular weight is 335 g/mol. The lowest BCUT2D eigenvalue weighted by molar-refractivity contribution is -0.112. The summed E-state index contributed by atoms with van der Waals surface area (Å²) in [6, 6.07) is 14.3. The van der Waals surface area contributed by atoms with Gasteiger partial charge in [-0.15, -0.1) is 0 Å². The van der Waals surface area contributed by atoms with Crippen molar-refractivity contribution in [2.45, 2.75) is 20.3 Å². The number of carbonyl (C=O) groups excluding carboxylic acids is 1. The van der Waals surface area contributed by atoms with Crippen molar-refractivity contribution in [2.24, 2.45) is 0 Å². The zero-order chi connectivity index (χ0) is 18.4. The molecule has 0 radical (unpaired) electrons. The Labute approximate surface area is 147 Å². The van der Waals surface area contributed by atoms with Gasteiger partial charge >= 0.3 is 0 Å². The number of phenolic OH excluding ortho intramolecular Hbond substituents is 1. The van der Waals surface area contributed by atoms with Gasteiger partial charge in [0.15, 0.2) is 0 Å². The lowest BCUT2D eigenvalue weighted by atomic mass is 10.1. The Kier molecular flexibility index (Phi) is 5.80. The van der Waals surface area contributed by atoms with Crippen LogP contribution in [0.15, 0.2) is 54.2 Å². The second-order valence-electron chi connectivity index (χ2n) is 5.70. The van der Waals surface area contributed by atoms with E-state index in [1.54, 1.807) is 36.2 Å². The minimum atomic E-state index is -0.447. The molecule has 2 aromatic carbocycles. The van der Waals surface area contributed by atoms with Gasteiger partial charge in [0.05, 0.1) is 0 Å². The number of benzene rings is 2. The number of anilines is 2. The quantitative estimate of drug-likeness (QED) is 0.644. The Hall–Kier alpha value is -3.26. The zero-order valence-corrected chi connectivity index (χ0v) is 14.6. The van der Waals surface area contributed by atoms with E-state index in [1.807, 2.05) is 38.1 Å². The van der Waals surface area contributed by atoms with Crippen molar-refractivity contribution in [3.05, 3.63) is 65.4 Å². The van der Waals surface area contributed by atoms with Crippen LogP contribution in [0.5, 0.6) is 5.75 Å². The van der Waals surface area contributed by atoms with Gasteiger partial charge in [-0.2, -0.15) is 5.26 Å². The Morgan fingerprint density at radius 1 is 1.28 bits per heavy atom. The van der Waals surface area contributed by atoms with E-state index in [1.165, 1.54) is 6.20 Å². The van der Waals surface area contributed by atoms with Crippen LogP contribution in [0.4, 0.5) is 11.4 Å². The first-order valence-corrected chi connectivity index (χ1v) is 8.00. The molecule has 25 heavy (non-hydrogen) atoms. The fraction of sp³-hybridized carbons (Fsp3) is 0.200. The SMILES string of the molecule is CCc1cccc(C)c1NC(=O)/C(C#N)=C\N(C)c1ccc(O)cc1. The van der Waals surface area contributed by atoms with E-state index in [0.29, 0.717) is 0 Å². The first-order chi connectivity index (χ1) is 12.0. The molecule has 0 aromatic heterocycles. The highest BCUT2D eigenvalue weighted by molar-refractivity contribution is 6.07. The van der Waals surface area contributed by atoms with Crippen LogP contribution in [0.1, 0.15) is 18.1 Å². The first-order valence-electron chi connectivity index (χ1n) is 8.00. The van der Waals surface area contributed by atoms with Crippen LogP contribution in [0.2, 0.25) is 0 Å². The van der Waals surface area contributed by atoms with E-state index in [4.69, 9.17) is 0 Å². The summed E-state index contributed by atoms with van der Waals surface area (Å²) in [6.07, 6.45) is 2.27. The van der Waals surface area contributed by atoms with E-state index >= 15 is 0 Å². The number of nitrogens with zero attached hydrogens (tertiary/aromatic N) is 2. The normalized spacial score (nSPS) is 10.9. The topological polar surface area (TPSA) is 76.4 Å². The molecule has 0 saturated carbocycles. The van der Waals surface area contributed by atoms with Gasteiger partial charge in [0.2, 0.25) is 0 Å². The highest BCUT2D eigenvalue weighted by Gasteiger charge is 2.14. The Morgan fingerprint density at radius 3 is 2.56 bits per heavy atom. The van der Waals surface area contributed by atoms with Crippen LogP contribution in [-0.4, -0.2) is 18.1 Å². The number of amides is 1. The van der Waals surface area contributed by atoms with Gasteiger partial charge in [-0.3, -0.25) is 4.79 Å². The summed E-state index contributed by atoms with van der Waals surface area (Å²) in [5.41, 5.74) is 3.49. The summed E-state index contributed by atoms with van der Waals surface area (Å²) < 4.78 is 0. The number of nitriles is 1. The largest absolute Gasteiger partial charge is 0.508 e. The van der Waals surface area contributed by atoms with Crippen LogP contribution < -0.4 is 10.2 Å². The maximum Gasteiger partial charge on any atom is 0.267 e. The third-order valence-electron chi connectivity index (χ3n) is 3.92. The molecule has 0 atom stereocenters. The molecule has 2 aromatic rings. The zero-order valence-electron chi connectivity index (χ0n) is 14.6.